The highest BCUT2D eigenvalue weighted by Crippen LogP contribution is 2.33. The minimum absolute atomic E-state index is 0.0562. The van der Waals surface area contributed by atoms with E-state index in [1.54, 1.807) is 0 Å². The van der Waals surface area contributed by atoms with Gasteiger partial charge in [-0.15, -0.1) is 0 Å². The molecule has 0 spiro atoms. The first-order valence-electron chi connectivity index (χ1n) is 5.26. The Bertz CT molecular complexity index is 479. The van der Waals surface area contributed by atoms with Crippen molar-refractivity contribution in [1.29, 1.82) is 0 Å². The van der Waals surface area contributed by atoms with Crippen LogP contribution in [0.2, 0.25) is 0 Å². The Morgan fingerprint density at radius 2 is 2.26 bits per heavy atom. The Labute approximate surface area is 110 Å². The summed E-state index contributed by atoms with van der Waals surface area (Å²) in [4.78, 5) is 15.7. The predicted octanol–water partition coefficient (Wildman–Crippen LogP) is 1.24. The molecule has 6 nitrogen and oxygen atoms in total. The van der Waals surface area contributed by atoms with E-state index in [2.05, 4.69) is 9.36 Å². The molecule has 0 saturated carbocycles. The molecule has 0 radical (unpaired) electrons. The number of carbonyl (C=O) groups is 1. The second kappa shape index (κ2) is 4.93. The highest BCUT2D eigenvalue weighted by atomic mass is 32.1. The van der Waals surface area contributed by atoms with Crippen molar-refractivity contribution in [2.24, 2.45) is 0 Å². The van der Waals surface area contributed by atoms with Gasteiger partial charge in [0.15, 0.2) is 0 Å². The molecule has 2 rings (SSSR count). The number of aliphatic carboxylic acids is 1. The summed E-state index contributed by atoms with van der Waals surface area (Å²) in [5.74, 6) is -2.37. The number of anilines is 1. The van der Waals surface area contributed by atoms with Crippen molar-refractivity contribution in [3.8, 4) is 0 Å². The number of alkyl halides is 3. The minimum Gasteiger partial charge on any atom is -0.480 e. The van der Waals surface area contributed by atoms with Gasteiger partial charge in [-0.1, -0.05) is 0 Å². The quantitative estimate of drug-likeness (QED) is 0.904. The fraction of sp³-hybridized carbons (Fsp3) is 0.667. The van der Waals surface area contributed by atoms with Crippen molar-refractivity contribution < 1.29 is 27.8 Å². The first-order valence-corrected chi connectivity index (χ1v) is 6.03. The maximum Gasteiger partial charge on any atom is 0.452 e. The molecular weight excluding hydrogens is 287 g/mol. The van der Waals surface area contributed by atoms with Crippen LogP contribution in [0.1, 0.15) is 12.2 Å². The van der Waals surface area contributed by atoms with E-state index in [9.17, 15) is 18.0 Å². The number of halogens is 3. The van der Waals surface area contributed by atoms with E-state index >= 15 is 0 Å². The van der Waals surface area contributed by atoms with Crippen molar-refractivity contribution in [3.05, 3.63) is 5.82 Å². The van der Waals surface area contributed by atoms with Gasteiger partial charge in [-0.25, -0.2) is 4.79 Å². The molecule has 2 unspecified atom stereocenters. The molecule has 106 valence electrons. The van der Waals surface area contributed by atoms with Crippen LogP contribution in [0.25, 0.3) is 0 Å². The normalized spacial score (nSPS) is 23.9. The fourth-order valence-corrected chi connectivity index (χ4v) is 2.61. The van der Waals surface area contributed by atoms with Crippen molar-refractivity contribution in [2.75, 3.05) is 18.6 Å². The Balaban J connectivity index is 2.24. The molecule has 0 aromatic carbocycles. The first-order chi connectivity index (χ1) is 8.82. The van der Waals surface area contributed by atoms with Crippen LogP contribution in [-0.4, -0.2) is 46.2 Å². The lowest BCUT2D eigenvalue weighted by atomic mass is 10.2. The molecule has 2 heterocycles. The number of hydrogen-bond acceptors (Lipinski definition) is 6. The highest BCUT2D eigenvalue weighted by molar-refractivity contribution is 7.09. The number of ether oxygens (including phenoxy) is 1. The van der Waals surface area contributed by atoms with Crippen LogP contribution in [0.4, 0.5) is 18.3 Å². The zero-order chi connectivity index (χ0) is 14.2. The van der Waals surface area contributed by atoms with Gasteiger partial charge in [-0.2, -0.15) is 22.5 Å². The van der Waals surface area contributed by atoms with E-state index in [1.165, 1.54) is 12.0 Å². The summed E-state index contributed by atoms with van der Waals surface area (Å²) >= 11 is 0.533. The molecule has 1 aromatic heterocycles. The zero-order valence-corrected chi connectivity index (χ0v) is 10.5. The molecular formula is C9H10F3N3O3S. The minimum atomic E-state index is -4.63. The number of nitrogens with zero attached hydrogens (tertiary/aromatic N) is 3. The van der Waals surface area contributed by atoms with Gasteiger partial charge in [0.05, 0.1) is 6.10 Å². The molecule has 0 bridgehead atoms. The first kappa shape index (κ1) is 14.0. The third-order valence-electron chi connectivity index (χ3n) is 2.80. The van der Waals surface area contributed by atoms with Crippen LogP contribution < -0.4 is 4.90 Å². The van der Waals surface area contributed by atoms with Crippen molar-refractivity contribution in [3.63, 3.8) is 0 Å². The molecule has 1 aliphatic rings. The Hall–Kier alpha value is -1.42. The zero-order valence-electron chi connectivity index (χ0n) is 9.72. The molecule has 19 heavy (non-hydrogen) atoms. The largest absolute Gasteiger partial charge is 0.480 e. The SMILES string of the molecule is COC1CC(C(=O)O)N(c2nc(C(F)(F)F)ns2)C1. The van der Waals surface area contributed by atoms with E-state index in [-0.39, 0.29) is 24.2 Å². The molecule has 0 amide bonds. The van der Waals surface area contributed by atoms with E-state index in [0.29, 0.717) is 11.5 Å². The van der Waals surface area contributed by atoms with Gasteiger partial charge in [0.1, 0.15) is 6.04 Å². The van der Waals surface area contributed by atoms with Crippen LogP contribution in [0.5, 0.6) is 0 Å². The summed E-state index contributed by atoms with van der Waals surface area (Å²) in [6.45, 7) is 0.181. The lowest BCUT2D eigenvalue weighted by Crippen LogP contribution is -2.36. The Morgan fingerprint density at radius 3 is 2.74 bits per heavy atom. The number of carboxylic acid groups (broad SMARTS) is 1. The lowest BCUT2D eigenvalue weighted by Gasteiger charge is -2.19. The number of hydrogen-bond donors (Lipinski definition) is 1. The summed E-state index contributed by atoms with van der Waals surface area (Å²) in [6, 6.07) is -0.945. The predicted molar refractivity (Wildman–Crippen MR) is 59.1 cm³/mol. The van der Waals surface area contributed by atoms with Gasteiger partial charge >= 0.3 is 12.1 Å². The molecule has 2 atom stereocenters. The molecule has 0 aliphatic carbocycles. The fourth-order valence-electron chi connectivity index (χ4n) is 1.86. The van der Waals surface area contributed by atoms with Gasteiger partial charge in [0, 0.05) is 31.6 Å². The van der Waals surface area contributed by atoms with Crippen LogP contribution in [-0.2, 0) is 15.7 Å². The Morgan fingerprint density at radius 1 is 1.58 bits per heavy atom. The topological polar surface area (TPSA) is 75.6 Å². The third-order valence-corrected chi connectivity index (χ3v) is 3.55. The third kappa shape index (κ3) is 2.78. The van der Waals surface area contributed by atoms with E-state index < -0.39 is 24.0 Å². The van der Waals surface area contributed by atoms with Gasteiger partial charge in [-0.3, -0.25) is 0 Å². The summed E-state index contributed by atoms with van der Waals surface area (Å²) in [5.41, 5.74) is 0. The maximum absolute atomic E-state index is 12.4. The molecule has 1 fully saturated rings. The second-order valence-corrected chi connectivity index (χ2v) is 4.73. The maximum atomic E-state index is 12.4. The smallest absolute Gasteiger partial charge is 0.452 e. The second-order valence-electron chi connectivity index (χ2n) is 4.00. The number of rotatable bonds is 3. The molecule has 1 saturated heterocycles. The van der Waals surface area contributed by atoms with E-state index in [4.69, 9.17) is 9.84 Å². The summed E-state index contributed by atoms with van der Waals surface area (Å²) < 4.78 is 45.5. The highest BCUT2D eigenvalue weighted by Gasteiger charge is 2.41. The van der Waals surface area contributed by atoms with Gasteiger partial charge in [0.2, 0.25) is 11.0 Å². The van der Waals surface area contributed by atoms with Gasteiger partial charge < -0.3 is 14.7 Å². The summed E-state index contributed by atoms with van der Waals surface area (Å²) in [7, 11) is 1.42. The average Bonchev–Trinajstić information content (AvgIpc) is 2.94. The van der Waals surface area contributed by atoms with Crippen LogP contribution in [0, 0.1) is 0 Å². The molecule has 10 heteroatoms. The standard InChI is InChI=1S/C9H10F3N3O3S/c1-18-4-2-5(6(16)17)15(3-4)8-13-7(14-19-8)9(10,11)12/h4-5H,2-3H2,1H3,(H,16,17). The van der Waals surface area contributed by atoms with Crippen molar-refractivity contribution in [1.82, 2.24) is 9.36 Å². The van der Waals surface area contributed by atoms with Crippen molar-refractivity contribution in [2.45, 2.75) is 24.7 Å². The summed E-state index contributed by atoms with van der Waals surface area (Å²) in [5, 5.41) is 9.01. The number of methoxy groups -OCH3 is 1. The molecule has 1 N–H and O–H groups in total. The van der Waals surface area contributed by atoms with E-state index in [0.717, 1.165) is 0 Å². The Kier molecular flexibility index (Phi) is 3.63. The number of aromatic nitrogens is 2. The van der Waals surface area contributed by atoms with Gasteiger partial charge in [-0.05, 0) is 0 Å². The van der Waals surface area contributed by atoms with Crippen LogP contribution in [0.15, 0.2) is 0 Å². The molecule has 1 aromatic rings. The average molecular weight is 297 g/mol. The van der Waals surface area contributed by atoms with Crippen LogP contribution >= 0.6 is 11.5 Å². The monoisotopic (exact) mass is 297 g/mol. The van der Waals surface area contributed by atoms with Crippen molar-refractivity contribution >= 4 is 22.6 Å². The van der Waals surface area contributed by atoms with Gasteiger partial charge in [0.25, 0.3) is 0 Å². The van der Waals surface area contributed by atoms with Crippen LogP contribution in [0.3, 0.4) is 0 Å². The summed E-state index contributed by atoms with van der Waals surface area (Å²) in [6.07, 6.45) is -4.78. The lowest BCUT2D eigenvalue weighted by molar-refractivity contribution is -0.144. The number of carboxylic acids is 1. The van der Waals surface area contributed by atoms with E-state index in [1.807, 2.05) is 0 Å². The molecule has 1 aliphatic heterocycles.